The predicted octanol–water partition coefficient (Wildman–Crippen LogP) is 0.810. The Labute approximate surface area is 136 Å². The summed E-state index contributed by atoms with van der Waals surface area (Å²) in [6.07, 6.45) is 3.89. The van der Waals surface area contributed by atoms with E-state index < -0.39 is 5.67 Å². The molecule has 23 heavy (non-hydrogen) atoms. The maximum Gasteiger partial charge on any atom is 0.260 e. The first-order valence-electron chi connectivity index (χ1n) is 8.97. The topological polar surface area (TPSA) is 53.0 Å². The highest BCUT2D eigenvalue weighted by molar-refractivity contribution is 5.86. The van der Waals surface area contributed by atoms with Gasteiger partial charge in [0.15, 0.2) is 5.67 Å². The maximum absolute atomic E-state index is 14.8. The smallest absolute Gasteiger partial charge is 0.260 e. The predicted molar refractivity (Wildman–Crippen MR) is 82.7 cm³/mol. The fourth-order valence-corrected chi connectivity index (χ4v) is 4.57. The van der Waals surface area contributed by atoms with Crippen LogP contribution in [-0.4, -0.2) is 78.0 Å². The van der Waals surface area contributed by atoms with E-state index in [-0.39, 0.29) is 30.9 Å². The Morgan fingerprint density at radius 1 is 1.22 bits per heavy atom. The number of amides is 1. The number of hydrogen-bond donors (Lipinski definition) is 1. The quantitative estimate of drug-likeness (QED) is 0.831. The van der Waals surface area contributed by atoms with Gasteiger partial charge in [0.25, 0.3) is 5.91 Å². The van der Waals surface area contributed by atoms with Crippen LogP contribution in [0.1, 0.15) is 32.1 Å². The Hall–Kier alpha value is -0.720. The first-order valence-corrected chi connectivity index (χ1v) is 8.97. The number of rotatable bonds is 4. The number of alkyl halides is 1. The molecule has 1 spiro atoms. The number of aliphatic hydroxyl groups excluding tert-OH is 1. The van der Waals surface area contributed by atoms with E-state index >= 15 is 0 Å². The Balaban J connectivity index is 1.40. The molecule has 1 saturated carbocycles. The highest BCUT2D eigenvalue weighted by Crippen LogP contribution is 2.44. The molecular weight excluding hydrogens is 299 g/mol. The summed E-state index contributed by atoms with van der Waals surface area (Å²) < 4.78 is 20.0. The molecule has 0 bridgehead atoms. The number of likely N-dealkylation sites (tertiary alicyclic amines) is 2. The molecule has 6 heteroatoms. The van der Waals surface area contributed by atoms with Gasteiger partial charge in [-0.25, -0.2) is 4.39 Å². The first kappa shape index (κ1) is 15.8. The van der Waals surface area contributed by atoms with Gasteiger partial charge in [0.1, 0.15) is 0 Å². The first-order chi connectivity index (χ1) is 11.0. The van der Waals surface area contributed by atoms with Crippen LogP contribution in [0.3, 0.4) is 0 Å². The minimum absolute atomic E-state index is 0.00677. The van der Waals surface area contributed by atoms with Gasteiger partial charge in [0, 0.05) is 45.6 Å². The summed E-state index contributed by atoms with van der Waals surface area (Å²) in [6, 6.07) is 0. The highest BCUT2D eigenvalue weighted by atomic mass is 19.1. The number of nitrogens with zero attached hydrogens (tertiary/aromatic N) is 2. The maximum atomic E-state index is 14.8. The van der Waals surface area contributed by atoms with Crippen LogP contribution < -0.4 is 0 Å². The lowest BCUT2D eigenvalue weighted by molar-refractivity contribution is -0.163. The van der Waals surface area contributed by atoms with Gasteiger partial charge in [-0.3, -0.25) is 9.69 Å². The van der Waals surface area contributed by atoms with E-state index in [1.165, 1.54) is 12.8 Å². The molecule has 0 aromatic heterocycles. The van der Waals surface area contributed by atoms with Gasteiger partial charge in [-0.05, 0) is 31.1 Å². The number of halogens is 1. The van der Waals surface area contributed by atoms with Gasteiger partial charge < -0.3 is 14.7 Å². The molecule has 1 aliphatic carbocycles. The van der Waals surface area contributed by atoms with Gasteiger partial charge in [-0.15, -0.1) is 0 Å². The van der Waals surface area contributed by atoms with Crippen LogP contribution in [-0.2, 0) is 9.53 Å². The van der Waals surface area contributed by atoms with Gasteiger partial charge in [-0.2, -0.15) is 0 Å². The number of carbonyl (C=O) groups excluding carboxylic acids is 1. The zero-order chi connectivity index (χ0) is 16.1. The lowest BCUT2D eigenvalue weighted by atomic mass is 9.82. The lowest BCUT2D eigenvalue weighted by Crippen LogP contribution is -2.71. The third kappa shape index (κ3) is 2.79. The van der Waals surface area contributed by atoms with E-state index in [4.69, 9.17) is 4.74 Å². The lowest BCUT2D eigenvalue weighted by Gasteiger charge is -2.54. The average molecular weight is 326 g/mol. The molecule has 130 valence electrons. The third-order valence-electron chi connectivity index (χ3n) is 6.18. The summed E-state index contributed by atoms with van der Waals surface area (Å²) >= 11 is 0. The van der Waals surface area contributed by atoms with Crippen LogP contribution in [0.4, 0.5) is 4.39 Å². The third-order valence-corrected chi connectivity index (χ3v) is 6.18. The number of aliphatic hydroxyl groups is 1. The van der Waals surface area contributed by atoms with Crippen molar-refractivity contribution in [1.82, 2.24) is 9.80 Å². The van der Waals surface area contributed by atoms with E-state index in [1.807, 2.05) is 0 Å². The summed E-state index contributed by atoms with van der Waals surface area (Å²) in [4.78, 5) is 16.7. The van der Waals surface area contributed by atoms with E-state index in [0.717, 1.165) is 25.4 Å². The van der Waals surface area contributed by atoms with E-state index in [0.29, 0.717) is 32.2 Å². The zero-order valence-electron chi connectivity index (χ0n) is 13.7. The Morgan fingerprint density at radius 2 is 1.91 bits per heavy atom. The molecule has 3 saturated heterocycles. The van der Waals surface area contributed by atoms with Gasteiger partial charge in [0.2, 0.25) is 0 Å². The summed E-state index contributed by atoms with van der Waals surface area (Å²) in [5.41, 5.74) is -1.73. The summed E-state index contributed by atoms with van der Waals surface area (Å²) in [5.74, 6) is 0.746. The van der Waals surface area contributed by atoms with Crippen LogP contribution in [0.2, 0.25) is 0 Å². The average Bonchev–Trinajstić information content (AvgIpc) is 3.24. The standard InChI is InChI=1S/C17H27FN2O3/c18-17(3-5-23-6-4-17)15(22)19-11-16(12-19)7-14(10-21)9-20(16)8-13-1-2-13/h13-14,21H,1-12H2/t14-/m1/s1. The second kappa shape index (κ2) is 5.67. The molecule has 1 N–H and O–H groups in total. The van der Waals surface area contributed by atoms with Crippen LogP contribution >= 0.6 is 0 Å². The fraction of sp³-hybridized carbons (Fsp3) is 0.941. The van der Waals surface area contributed by atoms with Crippen LogP contribution in [0.15, 0.2) is 0 Å². The van der Waals surface area contributed by atoms with Crippen LogP contribution in [0, 0.1) is 11.8 Å². The molecule has 0 unspecified atom stereocenters. The Morgan fingerprint density at radius 3 is 2.52 bits per heavy atom. The molecule has 5 nitrogen and oxygen atoms in total. The largest absolute Gasteiger partial charge is 0.396 e. The van der Waals surface area contributed by atoms with Crippen molar-refractivity contribution in [2.75, 3.05) is 46.0 Å². The summed E-state index contributed by atoms with van der Waals surface area (Å²) in [7, 11) is 0. The minimum Gasteiger partial charge on any atom is -0.396 e. The van der Waals surface area contributed by atoms with Crippen molar-refractivity contribution in [3.8, 4) is 0 Å². The summed E-state index contributed by atoms with van der Waals surface area (Å²) in [6.45, 7) is 4.13. The van der Waals surface area contributed by atoms with Gasteiger partial charge in [0.05, 0.1) is 18.8 Å². The molecule has 0 radical (unpaired) electrons. The zero-order valence-corrected chi connectivity index (χ0v) is 13.7. The fourth-order valence-electron chi connectivity index (χ4n) is 4.57. The van der Waals surface area contributed by atoms with Crippen molar-refractivity contribution in [2.45, 2.75) is 43.3 Å². The molecule has 3 aliphatic heterocycles. The van der Waals surface area contributed by atoms with Crippen molar-refractivity contribution < 1.29 is 19.0 Å². The monoisotopic (exact) mass is 326 g/mol. The molecule has 3 heterocycles. The molecule has 4 aliphatic rings. The van der Waals surface area contributed by atoms with Crippen molar-refractivity contribution in [2.24, 2.45) is 11.8 Å². The number of carbonyl (C=O) groups is 1. The molecule has 1 amide bonds. The van der Waals surface area contributed by atoms with Crippen molar-refractivity contribution >= 4 is 5.91 Å². The second-order valence-electron chi connectivity index (χ2n) is 8.06. The van der Waals surface area contributed by atoms with E-state index in [9.17, 15) is 14.3 Å². The second-order valence-corrected chi connectivity index (χ2v) is 8.06. The van der Waals surface area contributed by atoms with E-state index in [2.05, 4.69) is 4.90 Å². The SMILES string of the molecule is O=C(N1CC2(C[C@@H](CO)CN2CC2CC2)C1)C1(F)CCOCC1. The van der Waals surface area contributed by atoms with E-state index in [1.54, 1.807) is 4.90 Å². The van der Waals surface area contributed by atoms with Gasteiger partial charge in [-0.1, -0.05) is 0 Å². The molecule has 0 aromatic rings. The Kier molecular flexibility index (Phi) is 3.89. The minimum atomic E-state index is -1.73. The molecule has 4 rings (SSSR count). The highest BCUT2D eigenvalue weighted by Gasteiger charge is 2.57. The molecule has 0 aromatic carbocycles. The summed E-state index contributed by atoms with van der Waals surface area (Å²) in [5, 5.41) is 9.52. The van der Waals surface area contributed by atoms with Crippen molar-refractivity contribution in [3.63, 3.8) is 0 Å². The van der Waals surface area contributed by atoms with Crippen molar-refractivity contribution in [1.29, 1.82) is 0 Å². The van der Waals surface area contributed by atoms with Crippen LogP contribution in [0.25, 0.3) is 0 Å². The number of hydrogen-bond acceptors (Lipinski definition) is 4. The van der Waals surface area contributed by atoms with Gasteiger partial charge >= 0.3 is 0 Å². The molecular formula is C17H27FN2O3. The number of ether oxygens (including phenoxy) is 1. The normalized spacial score (nSPS) is 33.0. The Bertz CT molecular complexity index is 470. The van der Waals surface area contributed by atoms with Crippen molar-refractivity contribution in [3.05, 3.63) is 0 Å². The molecule has 4 fully saturated rings. The molecule has 1 atom stereocenters. The van der Waals surface area contributed by atoms with Crippen LogP contribution in [0.5, 0.6) is 0 Å².